The van der Waals surface area contributed by atoms with E-state index in [0.717, 1.165) is 24.3 Å². The molecule has 0 aliphatic rings. The van der Waals surface area contributed by atoms with Gasteiger partial charge in [-0.3, -0.25) is 0 Å². The Bertz CT molecular complexity index is 363. The van der Waals surface area contributed by atoms with E-state index in [0.29, 0.717) is 11.8 Å². The number of hydrogen-bond donors (Lipinski definition) is 0. The van der Waals surface area contributed by atoms with Crippen LogP contribution < -0.4 is 0 Å². The van der Waals surface area contributed by atoms with Gasteiger partial charge in [0.15, 0.2) is 0 Å². The molecule has 0 aliphatic carbocycles. The van der Waals surface area contributed by atoms with E-state index >= 15 is 0 Å². The largest absolute Gasteiger partial charge is 0.379 e. The van der Waals surface area contributed by atoms with E-state index in [1.54, 1.807) is 7.11 Å². The van der Waals surface area contributed by atoms with Gasteiger partial charge in [0.2, 0.25) is 0 Å². The highest BCUT2D eigenvalue weighted by molar-refractivity contribution is 6.30. The molecule has 0 aromatic heterocycles. The second-order valence-corrected chi connectivity index (χ2v) is 6.10. The summed E-state index contributed by atoms with van der Waals surface area (Å²) in [5.74, 6) is 1.14. The number of hydrogen-bond acceptors (Lipinski definition) is 1. The highest BCUT2D eigenvalue weighted by Crippen LogP contribution is 2.23. The zero-order valence-corrected chi connectivity index (χ0v) is 12.9. The fraction of sp³-hybridized carbons (Fsp3) is 0.600. The minimum Gasteiger partial charge on any atom is -0.379 e. The van der Waals surface area contributed by atoms with E-state index in [-0.39, 0.29) is 5.60 Å². The van der Waals surface area contributed by atoms with Gasteiger partial charge in [-0.1, -0.05) is 23.7 Å². The minimum atomic E-state index is -0.0708. The Kier molecular flexibility index (Phi) is 6.48. The number of ether oxygens (including phenoxy) is 1. The second kappa shape index (κ2) is 7.37. The lowest BCUT2D eigenvalue weighted by Crippen LogP contribution is -2.24. The van der Waals surface area contributed by atoms with Crippen molar-refractivity contribution >= 4 is 23.2 Å². The number of rotatable bonds is 7. The van der Waals surface area contributed by atoms with Crippen LogP contribution in [0.3, 0.4) is 0 Å². The summed E-state index contributed by atoms with van der Waals surface area (Å²) in [5, 5.41) is 0.790. The van der Waals surface area contributed by atoms with Crippen LogP contribution in [0.2, 0.25) is 5.02 Å². The Hall–Kier alpha value is -0.240. The zero-order valence-electron chi connectivity index (χ0n) is 11.4. The highest BCUT2D eigenvalue weighted by atomic mass is 35.5. The molecule has 1 aromatic carbocycles. The van der Waals surface area contributed by atoms with Crippen LogP contribution in [0.25, 0.3) is 0 Å². The number of benzene rings is 1. The first-order chi connectivity index (χ1) is 8.46. The van der Waals surface area contributed by atoms with E-state index in [2.05, 4.69) is 19.9 Å². The molecule has 0 heterocycles. The molecule has 1 rings (SSSR count). The number of methoxy groups -OCH3 is 1. The van der Waals surface area contributed by atoms with Gasteiger partial charge in [0.25, 0.3) is 0 Å². The van der Waals surface area contributed by atoms with Gasteiger partial charge in [-0.25, -0.2) is 0 Å². The van der Waals surface area contributed by atoms with Crippen LogP contribution in [-0.2, 0) is 11.2 Å². The van der Waals surface area contributed by atoms with Crippen molar-refractivity contribution in [3.05, 3.63) is 34.9 Å². The second-order valence-electron chi connectivity index (χ2n) is 5.36. The first-order valence-corrected chi connectivity index (χ1v) is 7.23. The first kappa shape index (κ1) is 15.8. The smallest absolute Gasteiger partial charge is 0.0622 e. The first-order valence-electron chi connectivity index (χ1n) is 6.32. The van der Waals surface area contributed by atoms with Crippen molar-refractivity contribution in [2.24, 2.45) is 5.92 Å². The van der Waals surface area contributed by atoms with Crippen LogP contribution in [0.1, 0.15) is 32.3 Å². The van der Waals surface area contributed by atoms with Gasteiger partial charge in [0, 0.05) is 18.0 Å². The van der Waals surface area contributed by atoms with Crippen molar-refractivity contribution in [2.75, 3.05) is 13.0 Å². The van der Waals surface area contributed by atoms with Crippen LogP contribution in [-0.4, -0.2) is 18.6 Å². The molecule has 0 saturated carbocycles. The molecule has 0 saturated heterocycles. The molecule has 18 heavy (non-hydrogen) atoms. The van der Waals surface area contributed by atoms with E-state index in [1.807, 2.05) is 18.2 Å². The van der Waals surface area contributed by atoms with Gasteiger partial charge in [-0.2, -0.15) is 0 Å². The molecule has 3 heteroatoms. The summed E-state index contributed by atoms with van der Waals surface area (Å²) in [4.78, 5) is 0. The summed E-state index contributed by atoms with van der Waals surface area (Å²) in [7, 11) is 1.76. The highest BCUT2D eigenvalue weighted by Gasteiger charge is 2.19. The molecule has 1 unspecified atom stereocenters. The maximum atomic E-state index is 6.06. The molecular weight excluding hydrogens is 267 g/mol. The van der Waals surface area contributed by atoms with Crippen molar-refractivity contribution in [1.29, 1.82) is 0 Å². The van der Waals surface area contributed by atoms with Gasteiger partial charge < -0.3 is 4.74 Å². The molecule has 0 spiro atoms. The average molecular weight is 289 g/mol. The Morgan fingerprint density at radius 1 is 1.33 bits per heavy atom. The number of halogens is 2. The van der Waals surface area contributed by atoms with Crippen molar-refractivity contribution < 1.29 is 4.74 Å². The van der Waals surface area contributed by atoms with Crippen LogP contribution >= 0.6 is 23.2 Å². The molecule has 0 amide bonds. The van der Waals surface area contributed by atoms with Gasteiger partial charge in [0.05, 0.1) is 5.60 Å². The summed E-state index contributed by atoms with van der Waals surface area (Å²) in [5.41, 5.74) is 1.18. The quantitative estimate of drug-likeness (QED) is 0.646. The van der Waals surface area contributed by atoms with Gasteiger partial charge in [-0.15, -0.1) is 11.6 Å². The van der Waals surface area contributed by atoms with Gasteiger partial charge in [-0.05, 0) is 56.7 Å². The summed E-state index contributed by atoms with van der Waals surface area (Å²) in [6.07, 6.45) is 3.06. The lowest BCUT2D eigenvalue weighted by molar-refractivity contribution is 0.0110. The number of alkyl halides is 1. The van der Waals surface area contributed by atoms with Crippen LogP contribution in [0.15, 0.2) is 24.3 Å². The van der Waals surface area contributed by atoms with E-state index in [9.17, 15) is 0 Å². The third-order valence-corrected chi connectivity index (χ3v) is 4.01. The summed E-state index contributed by atoms with van der Waals surface area (Å²) >= 11 is 12.0. The molecular formula is C15H22Cl2O. The van der Waals surface area contributed by atoms with Crippen molar-refractivity contribution in [2.45, 2.75) is 38.7 Å². The van der Waals surface area contributed by atoms with Crippen molar-refractivity contribution in [3.8, 4) is 0 Å². The zero-order chi connectivity index (χ0) is 13.6. The topological polar surface area (TPSA) is 9.23 Å². The summed E-state index contributed by atoms with van der Waals surface area (Å²) < 4.78 is 5.44. The normalized spacial score (nSPS) is 13.6. The molecule has 102 valence electrons. The standard InChI is InChI=1S/C15H22Cl2O/c1-15(2,18-3)8-7-13(11-16)9-12-5-4-6-14(17)10-12/h4-6,10,13H,7-9,11H2,1-3H3. The Morgan fingerprint density at radius 2 is 2.06 bits per heavy atom. The summed E-state index contributed by atoms with van der Waals surface area (Å²) in [6, 6.07) is 8.01. The maximum Gasteiger partial charge on any atom is 0.0622 e. The van der Waals surface area contributed by atoms with E-state index < -0.39 is 0 Å². The predicted molar refractivity (Wildman–Crippen MR) is 79.7 cm³/mol. The van der Waals surface area contributed by atoms with Gasteiger partial charge in [0.1, 0.15) is 0 Å². The van der Waals surface area contributed by atoms with Crippen molar-refractivity contribution in [3.63, 3.8) is 0 Å². The third kappa shape index (κ3) is 5.60. The molecule has 1 aromatic rings. The SMILES string of the molecule is COC(C)(C)CCC(CCl)Cc1cccc(Cl)c1. The molecule has 1 atom stereocenters. The molecule has 0 N–H and O–H groups in total. The third-order valence-electron chi connectivity index (χ3n) is 3.34. The molecule has 0 bridgehead atoms. The van der Waals surface area contributed by atoms with Crippen molar-refractivity contribution in [1.82, 2.24) is 0 Å². The minimum absolute atomic E-state index is 0.0708. The molecule has 0 fully saturated rings. The Balaban J connectivity index is 2.52. The van der Waals surface area contributed by atoms with Crippen LogP contribution in [0, 0.1) is 5.92 Å². The maximum absolute atomic E-state index is 6.06. The van der Waals surface area contributed by atoms with E-state index in [4.69, 9.17) is 27.9 Å². The Labute approximate surface area is 120 Å². The molecule has 0 radical (unpaired) electrons. The monoisotopic (exact) mass is 288 g/mol. The molecule has 0 aliphatic heterocycles. The predicted octanol–water partition coefficient (Wildman–Crippen LogP) is 4.94. The van der Waals surface area contributed by atoms with E-state index in [1.165, 1.54) is 5.56 Å². The van der Waals surface area contributed by atoms with Crippen LogP contribution in [0.4, 0.5) is 0 Å². The lowest BCUT2D eigenvalue weighted by atomic mass is 9.91. The molecule has 1 nitrogen and oxygen atoms in total. The summed E-state index contributed by atoms with van der Waals surface area (Å²) in [6.45, 7) is 4.22. The Morgan fingerprint density at radius 3 is 2.61 bits per heavy atom. The fourth-order valence-corrected chi connectivity index (χ4v) is 2.36. The average Bonchev–Trinajstić information content (AvgIpc) is 2.34. The van der Waals surface area contributed by atoms with Crippen LogP contribution in [0.5, 0.6) is 0 Å². The van der Waals surface area contributed by atoms with Gasteiger partial charge >= 0.3 is 0 Å². The lowest BCUT2D eigenvalue weighted by Gasteiger charge is -2.25. The fourth-order valence-electron chi connectivity index (χ4n) is 1.88.